The van der Waals surface area contributed by atoms with Gasteiger partial charge in [0.2, 0.25) is 0 Å². The van der Waals surface area contributed by atoms with Crippen LogP contribution in [-0.4, -0.2) is 22.3 Å². The summed E-state index contributed by atoms with van der Waals surface area (Å²) >= 11 is 0. The van der Waals surface area contributed by atoms with Crippen LogP contribution in [0.5, 0.6) is 0 Å². The highest BCUT2D eigenvalue weighted by molar-refractivity contribution is 14.0. The Hall–Kier alpha value is -0.790. The van der Waals surface area contributed by atoms with E-state index in [4.69, 9.17) is 5.73 Å². The molecule has 0 fully saturated rings. The zero-order valence-corrected chi connectivity index (χ0v) is 16.8. The lowest BCUT2D eigenvalue weighted by molar-refractivity contribution is 0.652. The molecule has 6 heteroatoms. The highest BCUT2D eigenvalue weighted by Gasteiger charge is 2.12. The number of aliphatic imine (C=N–C) groups is 1. The highest BCUT2D eigenvalue weighted by Crippen LogP contribution is 2.16. The fraction of sp³-hybridized carbons (Fsp3) is 0.750. The van der Waals surface area contributed by atoms with Gasteiger partial charge in [0, 0.05) is 24.8 Å². The Balaban J connectivity index is 0.00000441. The minimum absolute atomic E-state index is 0. The predicted molar refractivity (Wildman–Crippen MR) is 105 cm³/mol. The van der Waals surface area contributed by atoms with Crippen molar-refractivity contribution in [2.24, 2.45) is 17.8 Å². The molecule has 1 rings (SSSR count). The molecule has 0 aliphatic carbocycles. The van der Waals surface area contributed by atoms with Crippen molar-refractivity contribution in [3.63, 3.8) is 0 Å². The second kappa shape index (κ2) is 11.7. The van der Waals surface area contributed by atoms with E-state index in [1.165, 1.54) is 30.5 Å². The molecule has 1 aromatic rings. The third-order valence-electron chi connectivity index (χ3n) is 3.77. The van der Waals surface area contributed by atoms with Gasteiger partial charge in [-0.05, 0) is 19.3 Å². The quantitative estimate of drug-likeness (QED) is 0.279. The zero-order valence-electron chi connectivity index (χ0n) is 14.5. The average Bonchev–Trinajstić information content (AvgIpc) is 2.79. The molecular formula is C16H32IN5. The number of halogens is 1. The van der Waals surface area contributed by atoms with E-state index in [2.05, 4.69) is 36.2 Å². The fourth-order valence-corrected chi connectivity index (χ4v) is 2.56. The van der Waals surface area contributed by atoms with Gasteiger partial charge in [-0.15, -0.1) is 24.0 Å². The Labute approximate surface area is 152 Å². The maximum absolute atomic E-state index is 5.94. The van der Waals surface area contributed by atoms with E-state index < -0.39 is 0 Å². The normalized spacial score (nSPS) is 11.4. The van der Waals surface area contributed by atoms with Gasteiger partial charge in [-0.1, -0.05) is 40.0 Å². The molecule has 22 heavy (non-hydrogen) atoms. The van der Waals surface area contributed by atoms with Crippen molar-refractivity contribution in [2.45, 2.75) is 65.8 Å². The molecule has 0 aliphatic rings. The van der Waals surface area contributed by atoms with Gasteiger partial charge in [-0.2, -0.15) is 5.10 Å². The lowest BCUT2D eigenvalue weighted by Crippen LogP contribution is -2.32. The van der Waals surface area contributed by atoms with Crippen molar-refractivity contribution in [3.05, 3.63) is 17.0 Å². The van der Waals surface area contributed by atoms with Crippen LogP contribution in [0.3, 0.4) is 0 Å². The van der Waals surface area contributed by atoms with Crippen molar-refractivity contribution in [2.75, 3.05) is 6.54 Å². The van der Waals surface area contributed by atoms with Crippen LogP contribution in [0, 0.1) is 0 Å². The first-order valence-corrected chi connectivity index (χ1v) is 8.21. The van der Waals surface area contributed by atoms with Gasteiger partial charge in [-0.25, -0.2) is 4.99 Å². The van der Waals surface area contributed by atoms with E-state index in [-0.39, 0.29) is 24.0 Å². The second-order valence-corrected chi connectivity index (χ2v) is 5.39. The number of rotatable bonds is 9. The standard InChI is InChI=1S/C16H31N5.HI/c1-5-8-9-10-11-18-16(17)19-12-13-14(6-2)20-21(4)15(13)7-3;/h5-12H2,1-4H3,(H3,17,18,19);1H. The molecule has 0 unspecified atom stereocenters. The Morgan fingerprint density at radius 3 is 2.50 bits per heavy atom. The largest absolute Gasteiger partial charge is 0.370 e. The van der Waals surface area contributed by atoms with Gasteiger partial charge in [-0.3, -0.25) is 4.68 Å². The first-order valence-electron chi connectivity index (χ1n) is 8.21. The summed E-state index contributed by atoms with van der Waals surface area (Å²) < 4.78 is 1.97. The van der Waals surface area contributed by atoms with Crippen LogP contribution in [0.25, 0.3) is 0 Å². The van der Waals surface area contributed by atoms with E-state index >= 15 is 0 Å². The SMILES string of the molecule is CCCCCCNC(N)=NCc1c(CC)nn(C)c1CC.I. The highest BCUT2D eigenvalue weighted by atomic mass is 127. The molecule has 0 aromatic carbocycles. The predicted octanol–water partition coefficient (Wildman–Crippen LogP) is 3.15. The van der Waals surface area contributed by atoms with Crippen molar-refractivity contribution < 1.29 is 0 Å². The third-order valence-corrected chi connectivity index (χ3v) is 3.77. The molecule has 128 valence electrons. The minimum Gasteiger partial charge on any atom is -0.370 e. The average molecular weight is 421 g/mol. The topological polar surface area (TPSA) is 68.2 Å². The molecule has 0 aliphatic heterocycles. The summed E-state index contributed by atoms with van der Waals surface area (Å²) in [6.07, 6.45) is 6.84. The lowest BCUT2D eigenvalue weighted by atomic mass is 10.1. The molecule has 0 atom stereocenters. The van der Waals surface area contributed by atoms with Crippen molar-refractivity contribution in [1.82, 2.24) is 15.1 Å². The summed E-state index contributed by atoms with van der Waals surface area (Å²) in [6, 6.07) is 0. The van der Waals surface area contributed by atoms with Crippen LogP contribution >= 0.6 is 24.0 Å². The Bertz CT molecular complexity index is 454. The van der Waals surface area contributed by atoms with E-state index in [1.54, 1.807) is 0 Å². The van der Waals surface area contributed by atoms with Gasteiger partial charge < -0.3 is 11.1 Å². The summed E-state index contributed by atoms with van der Waals surface area (Å²) in [4.78, 5) is 4.47. The smallest absolute Gasteiger partial charge is 0.188 e. The lowest BCUT2D eigenvalue weighted by Gasteiger charge is -2.06. The Kier molecular flexibility index (Phi) is 11.3. The van der Waals surface area contributed by atoms with Crippen LogP contribution in [0.15, 0.2) is 4.99 Å². The van der Waals surface area contributed by atoms with Crippen molar-refractivity contribution >= 4 is 29.9 Å². The number of aryl methyl sites for hydroxylation is 2. The number of nitrogens with one attached hydrogen (secondary N) is 1. The van der Waals surface area contributed by atoms with Gasteiger partial charge in [0.1, 0.15) is 0 Å². The van der Waals surface area contributed by atoms with Crippen LogP contribution in [0.2, 0.25) is 0 Å². The van der Waals surface area contributed by atoms with E-state index in [1.807, 2.05) is 11.7 Å². The summed E-state index contributed by atoms with van der Waals surface area (Å²) in [7, 11) is 2.00. The number of hydrogen-bond donors (Lipinski definition) is 2. The number of nitrogens with zero attached hydrogens (tertiary/aromatic N) is 3. The Morgan fingerprint density at radius 2 is 1.91 bits per heavy atom. The number of aromatic nitrogens is 2. The third kappa shape index (κ3) is 6.54. The maximum atomic E-state index is 5.94. The molecule has 1 heterocycles. The summed E-state index contributed by atoms with van der Waals surface area (Å²) in [5.41, 5.74) is 9.56. The van der Waals surface area contributed by atoms with Crippen LogP contribution < -0.4 is 11.1 Å². The van der Waals surface area contributed by atoms with E-state index in [9.17, 15) is 0 Å². The van der Waals surface area contributed by atoms with Gasteiger partial charge in [0.25, 0.3) is 0 Å². The zero-order chi connectivity index (χ0) is 15.7. The summed E-state index contributed by atoms with van der Waals surface area (Å²) in [5.74, 6) is 0.541. The number of hydrogen-bond acceptors (Lipinski definition) is 2. The van der Waals surface area contributed by atoms with Crippen LogP contribution in [0.4, 0.5) is 0 Å². The molecular weight excluding hydrogens is 389 g/mol. The second-order valence-electron chi connectivity index (χ2n) is 5.39. The van der Waals surface area contributed by atoms with Crippen molar-refractivity contribution in [1.29, 1.82) is 0 Å². The number of nitrogens with two attached hydrogens (primary N) is 1. The van der Waals surface area contributed by atoms with Gasteiger partial charge in [0.15, 0.2) is 5.96 Å². The molecule has 0 bridgehead atoms. The summed E-state index contributed by atoms with van der Waals surface area (Å²) in [5, 5.41) is 7.75. The molecule has 3 N–H and O–H groups in total. The van der Waals surface area contributed by atoms with E-state index in [0.717, 1.165) is 31.5 Å². The summed E-state index contributed by atoms with van der Waals surface area (Å²) in [6.45, 7) is 8.02. The van der Waals surface area contributed by atoms with E-state index in [0.29, 0.717) is 12.5 Å². The van der Waals surface area contributed by atoms with Gasteiger partial charge >= 0.3 is 0 Å². The first-order chi connectivity index (χ1) is 10.1. The van der Waals surface area contributed by atoms with Crippen LogP contribution in [-0.2, 0) is 26.4 Å². The number of guanidine groups is 1. The Morgan fingerprint density at radius 1 is 1.18 bits per heavy atom. The maximum Gasteiger partial charge on any atom is 0.188 e. The van der Waals surface area contributed by atoms with Crippen molar-refractivity contribution in [3.8, 4) is 0 Å². The molecule has 0 radical (unpaired) electrons. The molecule has 5 nitrogen and oxygen atoms in total. The molecule has 0 amide bonds. The monoisotopic (exact) mass is 421 g/mol. The molecule has 0 spiro atoms. The number of unbranched alkanes of at least 4 members (excludes halogenated alkanes) is 3. The molecule has 0 saturated carbocycles. The van der Waals surface area contributed by atoms with Gasteiger partial charge in [0.05, 0.1) is 12.2 Å². The fourth-order valence-electron chi connectivity index (χ4n) is 2.56. The van der Waals surface area contributed by atoms with Crippen LogP contribution in [0.1, 0.15) is 63.4 Å². The molecule has 0 saturated heterocycles. The first kappa shape index (κ1) is 21.2. The minimum atomic E-state index is 0. The molecule has 1 aromatic heterocycles.